The molecule has 0 aliphatic heterocycles. The van der Waals surface area contributed by atoms with Gasteiger partial charge in [-0.25, -0.2) is 0 Å². The molecule has 296 valence electrons. The van der Waals surface area contributed by atoms with E-state index in [1.807, 2.05) is 12.1 Å². The number of benzene rings is 10. The van der Waals surface area contributed by atoms with E-state index in [2.05, 4.69) is 229 Å². The first-order valence-electron chi connectivity index (χ1n) is 21.4. The van der Waals surface area contributed by atoms with Crippen LogP contribution in [0.2, 0.25) is 0 Å². The molecule has 10 aromatic carbocycles. The zero-order chi connectivity index (χ0) is 41.7. The first-order valence-corrected chi connectivity index (χ1v) is 21.4. The average molecular weight is 806 g/mol. The molecule has 3 nitrogen and oxygen atoms in total. The van der Waals surface area contributed by atoms with Gasteiger partial charge in [-0.05, 0) is 116 Å². The molecule has 2 aromatic heterocycles. The van der Waals surface area contributed by atoms with Gasteiger partial charge < -0.3 is 13.7 Å². The summed E-state index contributed by atoms with van der Waals surface area (Å²) in [7, 11) is 0. The summed E-state index contributed by atoms with van der Waals surface area (Å²) >= 11 is 0. The molecule has 0 atom stereocenters. The lowest BCUT2D eigenvalue weighted by atomic mass is 9.99. The maximum Gasteiger partial charge on any atom is 0.136 e. The summed E-state index contributed by atoms with van der Waals surface area (Å²) in [5.41, 5.74) is 18.3. The summed E-state index contributed by atoms with van der Waals surface area (Å²) < 4.78 is 13.2. The van der Waals surface area contributed by atoms with Gasteiger partial charge in [0.25, 0.3) is 0 Å². The summed E-state index contributed by atoms with van der Waals surface area (Å²) in [5.74, 6) is 0. The number of rotatable bonds is 8. The fourth-order valence-corrected chi connectivity index (χ4v) is 9.10. The Morgan fingerprint density at radius 2 is 0.619 bits per heavy atom. The van der Waals surface area contributed by atoms with Gasteiger partial charge >= 0.3 is 0 Å². The Kier molecular flexibility index (Phi) is 8.83. The number of anilines is 3. The van der Waals surface area contributed by atoms with Crippen LogP contribution in [0.3, 0.4) is 0 Å². The molecule has 0 amide bonds. The Balaban J connectivity index is 0.940. The summed E-state index contributed by atoms with van der Waals surface area (Å²) in [6.45, 7) is 0. The number of nitrogens with zero attached hydrogens (tertiary/aromatic N) is 1. The maximum absolute atomic E-state index is 6.61. The van der Waals surface area contributed by atoms with Crippen LogP contribution in [-0.2, 0) is 0 Å². The molecule has 12 rings (SSSR count). The second-order valence-corrected chi connectivity index (χ2v) is 16.1. The first kappa shape index (κ1) is 36.5. The van der Waals surface area contributed by atoms with Crippen molar-refractivity contribution >= 4 is 60.9 Å². The van der Waals surface area contributed by atoms with E-state index in [0.717, 1.165) is 83.2 Å². The van der Waals surface area contributed by atoms with Gasteiger partial charge in [-0.15, -0.1) is 0 Å². The second kappa shape index (κ2) is 15.3. The molecular formula is C60H39NO2. The molecule has 2 heterocycles. The van der Waals surface area contributed by atoms with Crippen molar-refractivity contribution in [2.75, 3.05) is 4.90 Å². The van der Waals surface area contributed by atoms with Gasteiger partial charge in [0.1, 0.15) is 22.3 Å². The molecule has 63 heavy (non-hydrogen) atoms. The lowest BCUT2D eigenvalue weighted by Crippen LogP contribution is -2.09. The van der Waals surface area contributed by atoms with Crippen molar-refractivity contribution in [2.24, 2.45) is 0 Å². The van der Waals surface area contributed by atoms with Gasteiger partial charge in [-0.1, -0.05) is 176 Å². The third-order valence-electron chi connectivity index (χ3n) is 12.3. The van der Waals surface area contributed by atoms with E-state index in [-0.39, 0.29) is 0 Å². The molecule has 3 heteroatoms. The summed E-state index contributed by atoms with van der Waals surface area (Å²) in [6.07, 6.45) is 0. The second-order valence-electron chi connectivity index (χ2n) is 16.1. The fourth-order valence-electron chi connectivity index (χ4n) is 9.10. The predicted molar refractivity (Wildman–Crippen MR) is 263 cm³/mol. The molecule has 0 radical (unpaired) electrons. The minimum Gasteiger partial charge on any atom is -0.456 e. The van der Waals surface area contributed by atoms with Crippen LogP contribution in [0.15, 0.2) is 245 Å². The zero-order valence-corrected chi connectivity index (χ0v) is 34.3. The normalized spacial score (nSPS) is 11.5. The van der Waals surface area contributed by atoms with Gasteiger partial charge in [-0.3, -0.25) is 0 Å². The van der Waals surface area contributed by atoms with Crippen LogP contribution < -0.4 is 4.90 Å². The van der Waals surface area contributed by atoms with Gasteiger partial charge in [-0.2, -0.15) is 0 Å². The van der Waals surface area contributed by atoms with Crippen molar-refractivity contribution in [3.63, 3.8) is 0 Å². The van der Waals surface area contributed by atoms with Crippen LogP contribution in [-0.4, -0.2) is 0 Å². The number of fused-ring (bicyclic) bond motifs is 6. The highest BCUT2D eigenvalue weighted by Gasteiger charge is 2.19. The predicted octanol–water partition coefficient (Wildman–Crippen LogP) is 17.3. The molecule has 0 spiro atoms. The van der Waals surface area contributed by atoms with Crippen molar-refractivity contribution in [1.82, 2.24) is 0 Å². The smallest absolute Gasteiger partial charge is 0.136 e. The Hall–Kier alpha value is -8.40. The fraction of sp³-hybridized carbons (Fsp3) is 0. The minimum atomic E-state index is 0.831. The molecule has 0 aliphatic carbocycles. The molecule has 12 aromatic rings. The van der Waals surface area contributed by atoms with Crippen LogP contribution in [0, 0.1) is 0 Å². The van der Waals surface area contributed by atoms with Crippen LogP contribution in [0.25, 0.3) is 99.5 Å². The lowest BCUT2D eigenvalue weighted by Gasteiger charge is -2.26. The molecule has 0 saturated carbocycles. The Bertz CT molecular complexity index is 3430. The van der Waals surface area contributed by atoms with E-state index in [1.54, 1.807) is 0 Å². The molecule has 0 aliphatic rings. The van der Waals surface area contributed by atoms with E-state index in [9.17, 15) is 0 Å². The summed E-state index contributed by atoms with van der Waals surface area (Å²) in [5, 5.41) is 4.19. The summed E-state index contributed by atoms with van der Waals surface area (Å²) in [4.78, 5) is 2.33. The summed E-state index contributed by atoms with van der Waals surface area (Å²) in [6, 6.07) is 84.0. The van der Waals surface area contributed by atoms with Crippen LogP contribution >= 0.6 is 0 Å². The van der Waals surface area contributed by atoms with E-state index < -0.39 is 0 Å². The van der Waals surface area contributed by atoms with Crippen LogP contribution in [0.1, 0.15) is 0 Å². The first-order chi connectivity index (χ1) is 31.2. The number of hydrogen-bond acceptors (Lipinski definition) is 3. The Labute approximate surface area is 365 Å². The Morgan fingerprint density at radius 3 is 1.13 bits per heavy atom. The van der Waals surface area contributed by atoms with Gasteiger partial charge in [0.2, 0.25) is 0 Å². The SMILES string of the molecule is c1ccc(-c2ccc(-c3ccc(N(c4ccc(-c5ccc(-c6ccccc6)cc5)cc4)c4ccc5oc6cc7c(cc6c5c4)oc4cccc(-c5ccccc5)c47)cc3)cc2)cc1. The molecule has 0 bridgehead atoms. The van der Waals surface area contributed by atoms with Crippen molar-refractivity contribution in [3.05, 3.63) is 237 Å². The van der Waals surface area contributed by atoms with Crippen molar-refractivity contribution in [2.45, 2.75) is 0 Å². The highest BCUT2D eigenvalue weighted by atomic mass is 16.3. The quantitative estimate of drug-likeness (QED) is 0.153. The highest BCUT2D eigenvalue weighted by molar-refractivity contribution is 6.18. The topological polar surface area (TPSA) is 29.5 Å². The molecule has 0 unspecified atom stereocenters. The van der Waals surface area contributed by atoms with Crippen molar-refractivity contribution < 1.29 is 8.83 Å². The number of hydrogen-bond donors (Lipinski definition) is 0. The number of furan rings is 2. The molecular weight excluding hydrogens is 767 g/mol. The minimum absolute atomic E-state index is 0.831. The maximum atomic E-state index is 6.61. The average Bonchev–Trinajstić information content (AvgIpc) is 3.91. The molecule has 0 saturated heterocycles. The van der Waals surface area contributed by atoms with E-state index in [0.29, 0.717) is 0 Å². The van der Waals surface area contributed by atoms with Crippen molar-refractivity contribution in [3.8, 4) is 55.6 Å². The standard InChI is InChI=1S/C60H39NO2/c1-4-11-40(12-5-1)42-19-23-44(24-20-42)46-27-31-49(32-28-46)61(50-33-29-47(30-34-50)45-25-21-43(22-26-45)41-13-6-2-7-14-41)51-35-36-56-53(37-51)54-38-59-55(39-58(54)62-56)60-52(17-10-18-57(60)63-59)48-15-8-3-9-16-48/h1-39H. The van der Waals surface area contributed by atoms with E-state index in [1.165, 1.54) is 33.4 Å². The zero-order valence-electron chi connectivity index (χ0n) is 34.3. The van der Waals surface area contributed by atoms with Crippen molar-refractivity contribution in [1.29, 1.82) is 0 Å². The van der Waals surface area contributed by atoms with Crippen LogP contribution in [0.5, 0.6) is 0 Å². The molecule has 0 N–H and O–H groups in total. The lowest BCUT2D eigenvalue weighted by molar-refractivity contribution is 0.664. The van der Waals surface area contributed by atoms with Gasteiger partial charge in [0.15, 0.2) is 0 Å². The largest absolute Gasteiger partial charge is 0.456 e. The molecule has 0 fully saturated rings. The van der Waals surface area contributed by atoms with Gasteiger partial charge in [0.05, 0.1) is 0 Å². The monoisotopic (exact) mass is 805 g/mol. The van der Waals surface area contributed by atoms with E-state index >= 15 is 0 Å². The van der Waals surface area contributed by atoms with E-state index in [4.69, 9.17) is 8.83 Å². The highest BCUT2D eigenvalue weighted by Crippen LogP contribution is 2.43. The Morgan fingerprint density at radius 1 is 0.238 bits per heavy atom. The third-order valence-corrected chi connectivity index (χ3v) is 12.3. The van der Waals surface area contributed by atoms with Gasteiger partial charge in [0, 0.05) is 38.6 Å². The third kappa shape index (κ3) is 6.64. The van der Waals surface area contributed by atoms with Crippen LogP contribution in [0.4, 0.5) is 17.1 Å².